The molecule has 19 heavy (non-hydrogen) atoms. The van der Waals surface area contributed by atoms with E-state index in [0.717, 1.165) is 18.5 Å². The van der Waals surface area contributed by atoms with Gasteiger partial charge in [0, 0.05) is 25.2 Å². The van der Waals surface area contributed by atoms with Gasteiger partial charge in [0.25, 0.3) is 0 Å². The molecule has 2 aliphatic carbocycles. The third-order valence-electron chi connectivity index (χ3n) is 4.43. The molecule has 2 aliphatic rings. The minimum atomic E-state index is 0.423. The van der Waals surface area contributed by atoms with Crippen molar-refractivity contribution in [1.29, 1.82) is 0 Å². The Kier molecular flexibility index (Phi) is 3.64. The first-order valence-electron chi connectivity index (χ1n) is 7.71. The Labute approximate surface area is 117 Å². The Hall–Kier alpha value is -0.860. The van der Waals surface area contributed by atoms with Crippen LogP contribution in [0.4, 0.5) is 0 Å². The summed E-state index contributed by atoms with van der Waals surface area (Å²) in [4.78, 5) is 2.70. The van der Waals surface area contributed by atoms with Gasteiger partial charge >= 0.3 is 0 Å². The molecule has 0 aromatic heterocycles. The Morgan fingerprint density at radius 1 is 1.11 bits per heavy atom. The second kappa shape index (κ2) is 5.26. The van der Waals surface area contributed by atoms with Gasteiger partial charge < -0.3 is 5.73 Å². The van der Waals surface area contributed by atoms with E-state index in [2.05, 4.69) is 36.9 Å². The molecule has 0 bridgehead atoms. The highest BCUT2D eigenvalue weighted by molar-refractivity contribution is 5.31. The van der Waals surface area contributed by atoms with Crippen LogP contribution in [0.15, 0.2) is 18.2 Å². The van der Waals surface area contributed by atoms with Crippen molar-refractivity contribution in [2.75, 3.05) is 13.1 Å². The molecule has 0 heterocycles. The van der Waals surface area contributed by atoms with Crippen LogP contribution in [-0.4, -0.2) is 24.0 Å². The van der Waals surface area contributed by atoms with Crippen molar-refractivity contribution in [3.05, 3.63) is 34.9 Å². The molecule has 3 rings (SSSR count). The van der Waals surface area contributed by atoms with Crippen molar-refractivity contribution in [2.45, 2.75) is 51.6 Å². The first-order chi connectivity index (χ1) is 9.17. The third kappa shape index (κ3) is 3.18. The smallest absolute Gasteiger partial charge is 0.0473 e. The van der Waals surface area contributed by atoms with Crippen LogP contribution < -0.4 is 5.73 Å². The van der Waals surface area contributed by atoms with Crippen LogP contribution in [0.25, 0.3) is 0 Å². The highest BCUT2D eigenvalue weighted by atomic mass is 15.2. The SMILES string of the molecule is Cc1cc(C)cc(C(CN)N(CC2CC2)C2CC2)c1. The van der Waals surface area contributed by atoms with Crippen LogP contribution in [0.2, 0.25) is 0 Å². The molecule has 0 radical (unpaired) electrons. The molecule has 0 amide bonds. The molecule has 2 saturated carbocycles. The van der Waals surface area contributed by atoms with Crippen molar-refractivity contribution in [2.24, 2.45) is 11.7 Å². The number of nitrogens with zero attached hydrogens (tertiary/aromatic N) is 1. The van der Waals surface area contributed by atoms with Crippen molar-refractivity contribution in [3.63, 3.8) is 0 Å². The largest absolute Gasteiger partial charge is 0.329 e. The van der Waals surface area contributed by atoms with E-state index in [-0.39, 0.29) is 0 Å². The average Bonchev–Trinajstić information content (AvgIpc) is 3.22. The van der Waals surface area contributed by atoms with Crippen molar-refractivity contribution >= 4 is 0 Å². The number of hydrogen-bond donors (Lipinski definition) is 1. The highest BCUT2D eigenvalue weighted by Gasteiger charge is 2.37. The Bertz CT molecular complexity index is 426. The second-order valence-electron chi connectivity index (χ2n) is 6.54. The Balaban J connectivity index is 1.83. The number of hydrogen-bond acceptors (Lipinski definition) is 2. The molecule has 1 aromatic carbocycles. The monoisotopic (exact) mass is 258 g/mol. The van der Waals surface area contributed by atoms with Crippen LogP contribution in [-0.2, 0) is 0 Å². The summed E-state index contributed by atoms with van der Waals surface area (Å²) in [5.74, 6) is 0.945. The van der Waals surface area contributed by atoms with Gasteiger partial charge in [-0.25, -0.2) is 0 Å². The zero-order valence-corrected chi connectivity index (χ0v) is 12.2. The van der Waals surface area contributed by atoms with Crippen molar-refractivity contribution in [3.8, 4) is 0 Å². The van der Waals surface area contributed by atoms with Crippen molar-refractivity contribution in [1.82, 2.24) is 4.90 Å². The topological polar surface area (TPSA) is 29.3 Å². The van der Waals surface area contributed by atoms with Crippen LogP contribution >= 0.6 is 0 Å². The predicted molar refractivity (Wildman–Crippen MR) is 80.2 cm³/mol. The normalized spacial score (nSPS) is 20.8. The van der Waals surface area contributed by atoms with Gasteiger partial charge in [-0.3, -0.25) is 4.90 Å². The Morgan fingerprint density at radius 3 is 2.21 bits per heavy atom. The molecule has 2 nitrogen and oxygen atoms in total. The van der Waals surface area contributed by atoms with Gasteiger partial charge in [-0.2, -0.15) is 0 Å². The molecule has 2 heteroatoms. The van der Waals surface area contributed by atoms with E-state index >= 15 is 0 Å². The van der Waals surface area contributed by atoms with Crippen molar-refractivity contribution < 1.29 is 0 Å². The summed E-state index contributed by atoms with van der Waals surface area (Å²) in [7, 11) is 0. The zero-order chi connectivity index (χ0) is 13.4. The second-order valence-corrected chi connectivity index (χ2v) is 6.54. The van der Waals surface area contributed by atoms with Gasteiger partial charge in [-0.1, -0.05) is 29.3 Å². The lowest BCUT2D eigenvalue weighted by Crippen LogP contribution is -2.37. The number of aryl methyl sites for hydroxylation is 2. The standard InChI is InChI=1S/C17H26N2/c1-12-7-13(2)9-15(8-12)17(10-18)19(16-5-6-16)11-14-3-4-14/h7-9,14,16-17H,3-6,10-11,18H2,1-2H3. The quantitative estimate of drug-likeness (QED) is 0.849. The van der Waals surface area contributed by atoms with Gasteiger partial charge in [0.05, 0.1) is 0 Å². The predicted octanol–water partition coefficient (Wildman–Crippen LogP) is 3.18. The molecule has 0 spiro atoms. The molecule has 0 aliphatic heterocycles. The van der Waals surface area contributed by atoms with E-state index in [4.69, 9.17) is 5.73 Å². The lowest BCUT2D eigenvalue weighted by molar-refractivity contribution is 0.182. The zero-order valence-electron chi connectivity index (χ0n) is 12.2. The van der Waals surface area contributed by atoms with Gasteiger partial charge in [-0.05, 0) is 51.0 Å². The van der Waals surface area contributed by atoms with E-state index in [1.54, 1.807) is 0 Å². The van der Waals surface area contributed by atoms with Gasteiger partial charge in [0.15, 0.2) is 0 Å². The Morgan fingerprint density at radius 2 is 1.74 bits per heavy atom. The maximum atomic E-state index is 6.13. The number of rotatable bonds is 6. The first kappa shape index (κ1) is 13.1. The number of nitrogens with two attached hydrogens (primary N) is 1. The molecule has 1 atom stereocenters. The lowest BCUT2D eigenvalue weighted by Gasteiger charge is -2.32. The summed E-state index contributed by atoms with van der Waals surface area (Å²) in [5.41, 5.74) is 10.3. The molecule has 2 fully saturated rings. The van der Waals surface area contributed by atoms with Crippen LogP contribution in [0.3, 0.4) is 0 Å². The third-order valence-corrected chi connectivity index (χ3v) is 4.43. The van der Waals surface area contributed by atoms with E-state index in [0.29, 0.717) is 6.04 Å². The van der Waals surface area contributed by atoms with Gasteiger partial charge in [0.2, 0.25) is 0 Å². The summed E-state index contributed by atoms with van der Waals surface area (Å²) in [6, 6.07) is 8.13. The maximum Gasteiger partial charge on any atom is 0.0473 e. The van der Waals surface area contributed by atoms with Crippen LogP contribution in [0, 0.1) is 19.8 Å². The molecule has 104 valence electrons. The first-order valence-corrected chi connectivity index (χ1v) is 7.71. The fourth-order valence-electron chi connectivity index (χ4n) is 3.20. The highest BCUT2D eigenvalue weighted by Crippen LogP contribution is 2.39. The van der Waals surface area contributed by atoms with Gasteiger partial charge in [0.1, 0.15) is 0 Å². The molecule has 1 aromatic rings. The molecule has 1 unspecified atom stereocenters. The van der Waals surface area contributed by atoms with E-state index in [9.17, 15) is 0 Å². The molecule has 0 saturated heterocycles. The van der Waals surface area contributed by atoms with E-state index < -0.39 is 0 Å². The van der Waals surface area contributed by atoms with Gasteiger partial charge in [-0.15, -0.1) is 0 Å². The summed E-state index contributed by atoms with van der Waals surface area (Å²) >= 11 is 0. The maximum absolute atomic E-state index is 6.13. The summed E-state index contributed by atoms with van der Waals surface area (Å²) in [5, 5.41) is 0. The molecular formula is C17H26N2. The summed E-state index contributed by atoms with van der Waals surface area (Å²) < 4.78 is 0. The fourth-order valence-corrected chi connectivity index (χ4v) is 3.20. The summed E-state index contributed by atoms with van der Waals surface area (Å²) in [6.45, 7) is 6.38. The molecular weight excluding hydrogens is 232 g/mol. The summed E-state index contributed by atoms with van der Waals surface area (Å²) in [6.07, 6.45) is 5.59. The average molecular weight is 258 g/mol. The minimum Gasteiger partial charge on any atom is -0.329 e. The molecule has 2 N–H and O–H groups in total. The number of benzene rings is 1. The minimum absolute atomic E-state index is 0.423. The van der Waals surface area contributed by atoms with Crippen LogP contribution in [0.1, 0.15) is 48.4 Å². The fraction of sp³-hybridized carbons (Fsp3) is 0.647. The van der Waals surface area contributed by atoms with E-state index in [1.165, 1.54) is 48.9 Å². The lowest BCUT2D eigenvalue weighted by atomic mass is 9.99. The van der Waals surface area contributed by atoms with Crippen LogP contribution in [0.5, 0.6) is 0 Å². The van der Waals surface area contributed by atoms with E-state index in [1.807, 2.05) is 0 Å².